The van der Waals surface area contributed by atoms with Gasteiger partial charge in [0.1, 0.15) is 0 Å². The third-order valence-electron chi connectivity index (χ3n) is 1.47. The first-order chi connectivity index (χ1) is 5.57. The maximum atomic E-state index is 10.5. The van der Waals surface area contributed by atoms with E-state index in [4.69, 9.17) is 5.73 Å². The molecule has 12 heavy (non-hydrogen) atoms. The van der Waals surface area contributed by atoms with E-state index in [9.17, 15) is 4.79 Å². The van der Waals surface area contributed by atoms with Gasteiger partial charge in [0, 0.05) is 25.7 Å². The summed E-state index contributed by atoms with van der Waals surface area (Å²) >= 11 is 0. The largest absolute Gasteiger partial charge is 0.366 e. The summed E-state index contributed by atoms with van der Waals surface area (Å²) < 4.78 is 0. The van der Waals surface area contributed by atoms with Crippen LogP contribution in [0.5, 0.6) is 0 Å². The first-order valence-corrected chi connectivity index (χ1v) is 4.00. The van der Waals surface area contributed by atoms with Gasteiger partial charge < -0.3 is 5.73 Å². The van der Waals surface area contributed by atoms with E-state index in [1.54, 1.807) is 0 Å². The number of nitrogens with zero attached hydrogens (tertiary/aromatic N) is 1. The first kappa shape index (κ1) is 11.1. The Kier molecular flexibility index (Phi) is 5.32. The van der Waals surface area contributed by atoms with Crippen molar-refractivity contribution in [2.24, 2.45) is 5.73 Å². The van der Waals surface area contributed by atoms with Crippen LogP contribution in [0.15, 0.2) is 12.2 Å². The average Bonchev–Trinajstić information content (AvgIpc) is 2.00. The number of nitrogens with two attached hydrogens (primary N) is 1. The Balaban J connectivity index is 3.54. The van der Waals surface area contributed by atoms with Gasteiger partial charge in [-0.25, -0.2) is 5.01 Å². The summed E-state index contributed by atoms with van der Waals surface area (Å²) in [6.45, 7) is 6.97. The van der Waals surface area contributed by atoms with E-state index in [1.165, 1.54) is 0 Å². The molecule has 0 aromatic heterocycles. The summed E-state index contributed by atoms with van der Waals surface area (Å²) in [5.41, 5.74) is 8.40. The zero-order valence-corrected chi connectivity index (χ0v) is 7.76. The SMILES string of the molecule is C=C(CNN(C)CCC)C(N)=O. The van der Waals surface area contributed by atoms with Crippen LogP contribution in [0.1, 0.15) is 13.3 Å². The molecule has 0 saturated carbocycles. The van der Waals surface area contributed by atoms with Gasteiger partial charge in [-0.1, -0.05) is 13.5 Å². The summed E-state index contributed by atoms with van der Waals surface area (Å²) in [5.74, 6) is -0.451. The maximum absolute atomic E-state index is 10.5. The van der Waals surface area contributed by atoms with Gasteiger partial charge in [-0.2, -0.15) is 0 Å². The van der Waals surface area contributed by atoms with Gasteiger partial charge in [0.15, 0.2) is 0 Å². The highest BCUT2D eigenvalue weighted by Crippen LogP contribution is 1.86. The summed E-state index contributed by atoms with van der Waals surface area (Å²) in [4.78, 5) is 10.5. The molecule has 0 aromatic rings. The minimum atomic E-state index is -0.451. The molecular formula is C8H17N3O. The zero-order chi connectivity index (χ0) is 9.56. The van der Waals surface area contributed by atoms with E-state index < -0.39 is 5.91 Å². The van der Waals surface area contributed by atoms with E-state index in [1.807, 2.05) is 12.1 Å². The Labute approximate surface area is 73.4 Å². The van der Waals surface area contributed by atoms with Crippen molar-refractivity contribution in [2.75, 3.05) is 20.1 Å². The van der Waals surface area contributed by atoms with Crippen LogP contribution in [-0.2, 0) is 4.79 Å². The van der Waals surface area contributed by atoms with Crippen LogP contribution in [0.2, 0.25) is 0 Å². The van der Waals surface area contributed by atoms with Crippen molar-refractivity contribution in [1.82, 2.24) is 10.4 Å². The minimum absolute atomic E-state index is 0.401. The van der Waals surface area contributed by atoms with Crippen LogP contribution in [-0.4, -0.2) is 31.1 Å². The number of carbonyl (C=O) groups is 1. The summed E-state index contributed by atoms with van der Waals surface area (Å²) in [7, 11) is 1.91. The monoisotopic (exact) mass is 171 g/mol. The minimum Gasteiger partial charge on any atom is -0.366 e. The highest BCUT2D eigenvalue weighted by Gasteiger charge is 2.01. The predicted molar refractivity (Wildman–Crippen MR) is 49.3 cm³/mol. The van der Waals surface area contributed by atoms with Gasteiger partial charge in [-0.3, -0.25) is 10.2 Å². The number of hydrazine groups is 1. The summed E-state index contributed by atoms with van der Waals surface area (Å²) in [5, 5.41) is 1.91. The van der Waals surface area contributed by atoms with E-state index in [0.29, 0.717) is 12.1 Å². The molecule has 0 aliphatic carbocycles. The lowest BCUT2D eigenvalue weighted by Crippen LogP contribution is -2.37. The van der Waals surface area contributed by atoms with Crippen molar-refractivity contribution < 1.29 is 4.79 Å². The van der Waals surface area contributed by atoms with Crippen molar-refractivity contribution in [3.8, 4) is 0 Å². The number of primary amides is 1. The molecule has 0 heterocycles. The molecule has 0 spiro atoms. The average molecular weight is 171 g/mol. The lowest BCUT2D eigenvalue weighted by atomic mass is 10.3. The lowest BCUT2D eigenvalue weighted by molar-refractivity contribution is -0.114. The highest BCUT2D eigenvalue weighted by molar-refractivity contribution is 5.91. The second-order valence-corrected chi connectivity index (χ2v) is 2.72. The van der Waals surface area contributed by atoms with Gasteiger partial charge in [0.25, 0.3) is 0 Å². The Morgan fingerprint density at radius 3 is 2.67 bits per heavy atom. The number of nitrogens with one attached hydrogen (secondary N) is 1. The Hall–Kier alpha value is -0.870. The van der Waals surface area contributed by atoms with Crippen LogP contribution in [0, 0.1) is 0 Å². The van der Waals surface area contributed by atoms with Crippen molar-refractivity contribution in [2.45, 2.75) is 13.3 Å². The Morgan fingerprint density at radius 1 is 1.67 bits per heavy atom. The van der Waals surface area contributed by atoms with Gasteiger partial charge in [0.2, 0.25) is 5.91 Å². The molecule has 0 saturated heterocycles. The third kappa shape index (κ3) is 4.87. The van der Waals surface area contributed by atoms with Crippen LogP contribution in [0.3, 0.4) is 0 Å². The van der Waals surface area contributed by atoms with Crippen molar-refractivity contribution >= 4 is 5.91 Å². The van der Waals surface area contributed by atoms with Gasteiger partial charge in [0.05, 0.1) is 0 Å². The van der Waals surface area contributed by atoms with Gasteiger partial charge >= 0.3 is 0 Å². The van der Waals surface area contributed by atoms with Crippen molar-refractivity contribution in [3.05, 3.63) is 12.2 Å². The number of hydrogen-bond donors (Lipinski definition) is 2. The molecule has 1 amide bonds. The fourth-order valence-corrected chi connectivity index (χ4v) is 0.732. The second-order valence-electron chi connectivity index (χ2n) is 2.72. The zero-order valence-electron chi connectivity index (χ0n) is 7.76. The number of rotatable bonds is 6. The van der Waals surface area contributed by atoms with Gasteiger partial charge in [-0.15, -0.1) is 0 Å². The molecular weight excluding hydrogens is 154 g/mol. The maximum Gasteiger partial charge on any atom is 0.245 e. The number of amides is 1. The topological polar surface area (TPSA) is 58.4 Å². The van der Waals surface area contributed by atoms with E-state index in [2.05, 4.69) is 18.9 Å². The van der Waals surface area contributed by atoms with Crippen LogP contribution in [0.4, 0.5) is 0 Å². The quantitative estimate of drug-likeness (QED) is 0.432. The Morgan fingerprint density at radius 2 is 2.25 bits per heavy atom. The summed E-state index contributed by atoms with van der Waals surface area (Å²) in [6.07, 6.45) is 1.06. The fraction of sp³-hybridized carbons (Fsp3) is 0.625. The molecule has 0 rings (SSSR count). The molecule has 3 N–H and O–H groups in total. The Bertz CT molecular complexity index is 168. The highest BCUT2D eigenvalue weighted by atomic mass is 16.1. The smallest absolute Gasteiger partial charge is 0.245 e. The normalized spacial score (nSPS) is 10.2. The molecule has 4 nitrogen and oxygen atoms in total. The standard InChI is InChI=1S/C8H17N3O/c1-4-5-11(3)10-6-7(2)8(9)12/h10H,2,4-6H2,1,3H3,(H2,9,12). The van der Waals surface area contributed by atoms with Gasteiger partial charge in [-0.05, 0) is 6.42 Å². The van der Waals surface area contributed by atoms with E-state index in [-0.39, 0.29) is 0 Å². The molecule has 0 atom stereocenters. The molecule has 0 fully saturated rings. The number of carbonyl (C=O) groups excluding carboxylic acids is 1. The molecule has 0 unspecified atom stereocenters. The molecule has 0 bridgehead atoms. The second kappa shape index (κ2) is 5.74. The molecule has 0 aliphatic heterocycles. The summed E-state index contributed by atoms with van der Waals surface area (Å²) in [6, 6.07) is 0. The molecule has 0 aliphatic rings. The van der Waals surface area contributed by atoms with Crippen molar-refractivity contribution in [1.29, 1.82) is 0 Å². The van der Waals surface area contributed by atoms with E-state index >= 15 is 0 Å². The fourth-order valence-electron chi connectivity index (χ4n) is 0.732. The number of hydrogen-bond acceptors (Lipinski definition) is 3. The first-order valence-electron chi connectivity index (χ1n) is 4.00. The predicted octanol–water partition coefficient (Wildman–Crippen LogP) is -0.126. The van der Waals surface area contributed by atoms with Crippen LogP contribution < -0.4 is 11.2 Å². The lowest BCUT2D eigenvalue weighted by Gasteiger charge is -2.16. The molecule has 4 heteroatoms. The van der Waals surface area contributed by atoms with Crippen LogP contribution >= 0.6 is 0 Å². The molecule has 0 radical (unpaired) electrons. The molecule has 0 aromatic carbocycles. The molecule has 70 valence electrons. The van der Waals surface area contributed by atoms with Crippen LogP contribution in [0.25, 0.3) is 0 Å². The van der Waals surface area contributed by atoms with Crippen molar-refractivity contribution in [3.63, 3.8) is 0 Å². The van der Waals surface area contributed by atoms with E-state index in [0.717, 1.165) is 13.0 Å². The third-order valence-corrected chi connectivity index (χ3v) is 1.47.